The number of ether oxygens (including phenoxy) is 2. The Morgan fingerprint density at radius 1 is 0.577 bits per heavy atom. The molecule has 0 fully saturated rings. The van der Waals surface area contributed by atoms with Crippen molar-refractivity contribution in [1.29, 1.82) is 0 Å². The molecular weight excluding hydrogens is 673 g/mol. The van der Waals surface area contributed by atoms with Gasteiger partial charge in [0.15, 0.2) is 0 Å². The van der Waals surface area contributed by atoms with Crippen LogP contribution in [0.5, 0.6) is 0 Å². The molecule has 52 heavy (non-hydrogen) atoms. The number of phosphoric acid groups is 1. The molecule has 3 N–H and O–H groups in total. The molecule has 308 valence electrons. The molecule has 0 saturated carbocycles. The predicted octanol–water partition coefficient (Wildman–Crippen LogP) is 12.9. The smallest absolute Gasteiger partial charge is 0.457 e. The van der Waals surface area contributed by atoms with Crippen LogP contribution < -0.4 is 5.73 Å². The van der Waals surface area contributed by atoms with E-state index in [2.05, 4.69) is 38.2 Å². The molecule has 0 aromatic carbocycles. The van der Waals surface area contributed by atoms with Crippen LogP contribution in [0, 0.1) is 0 Å². The van der Waals surface area contributed by atoms with Gasteiger partial charge < -0.3 is 20.1 Å². The second-order valence-corrected chi connectivity index (χ2v) is 16.0. The molecule has 0 aliphatic heterocycles. The Labute approximate surface area is 321 Å². The number of esters is 1. The van der Waals surface area contributed by atoms with Gasteiger partial charge in [0.05, 0.1) is 19.8 Å². The average Bonchev–Trinajstić information content (AvgIpc) is 3.13. The van der Waals surface area contributed by atoms with E-state index in [0.29, 0.717) is 13.0 Å². The molecule has 0 spiro atoms. The number of carbonyl (C=O) groups is 1. The van der Waals surface area contributed by atoms with E-state index in [9.17, 15) is 14.3 Å². The molecule has 0 aliphatic rings. The van der Waals surface area contributed by atoms with Crippen molar-refractivity contribution in [3.05, 3.63) is 24.3 Å². The third kappa shape index (κ3) is 40.2. The Kier molecular flexibility index (Phi) is 40.3. The molecule has 0 aliphatic carbocycles. The summed E-state index contributed by atoms with van der Waals surface area (Å²) in [6.45, 7) is 4.92. The number of allylic oxidation sites excluding steroid dienone is 4. The zero-order valence-electron chi connectivity index (χ0n) is 34.1. The van der Waals surface area contributed by atoms with Crippen LogP contribution in [0.15, 0.2) is 24.3 Å². The van der Waals surface area contributed by atoms with Gasteiger partial charge in [-0.05, 0) is 44.9 Å². The molecule has 9 heteroatoms. The summed E-state index contributed by atoms with van der Waals surface area (Å²) in [7, 11) is -4.27. The van der Waals surface area contributed by atoms with Crippen molar-refractivity contribution in [2.24, 2.45) is 5.73 Å². The molecule has 0 aromatic rings. The summed E-state index contributed by atoms with van der Waals surface area (Å²) in [4.78, 5) is 22.4. The summed E-state index contributed by atoms with van der Waals surface area (Å²) in [5.74, 6) is -0.329. The van der Waals surface area contributed by atoms with Gasteiger partial charge in [0.2, 0.25) is 0 Å². The first-order valence-corrected chi connectivity index (χ1v) is 23.3. The summed E-state index contributed by atoms with van der Waals surface area (Å²) in [6, 6.07) is 0. The number of rotatable bonds is 42. The lowest BCUT2D eigenvalue weighted by atomic mass is 10.0. The fourth-order valence-corrected chi connectivity index (χ4v) is 6.91. The van der Waals surface area contributed by atoms with Crippen LogP contribution in [0.1, 0.15) is 206 Å². The third-order valence-corrected chi connectivity index (χ3v) is 10.4. The first-order valence-electron chi connectivity index (χ1n) is 21.8. The fourth-order valence-electron chi connectivity index (χ4n) is 6.14. The number of hydrogen-bond acceptors (Lipinski definition) is 7. The van der Waals surface area contributed by atoms with E-state index in [1.54, 1.807) is 0 Å². The van der Waals surface area contributed by atoms with E-state index in [0.717, 1.165) is 38.5 Å². The lowest BCUT2D eigenvalue weighted by Gasteiger charge is -2.20. The third-order valence-electron chi connectivity index (χ3n) is 9.37. The zero-order chi connectivity index (χ0) is 38.1. The maximum Gasteiger partial charge on any atom is 0.472 e. The highest BCUT2D eigenvalue weighted by Gasteiger charge is 2.25. The summed E-state index contributed by atoms with van der Waals surface area (Å²) in [5, 5.41) is 0. The maximum atomic E-state index is 12.6. The first kappa shape index (κ1) is 51.0. The van der Waals surface area contributed by atoms with Crippen LogP contribution in [-0.2, 0) is 27.9 Å². The molecule has 8 nitrogen and oxygen atoms in total. The van der Waals surface area contributed by atoms with Crippen LogP contribution in [-0.4, -0.2) is 49.9 Å². The summed E-state index contributed by atoms with van der Waals surface area (Å²) in [6.07, 6.45) is 44.8. The molecule has 0 aromatic heterocycles. The number of phosphoric ester groups is 1. The van der Waals surface area contributed by atoms with E-state index >= 15 is 0 Å². The van der Waals surface area contributed by atoms with Gasteiger partial charge in [0.25, 0.3) is 0 Å². The standard InChI is InChI=1S/C43H84NO7P/c1-3-5-7-9-11-13-15-17-18-19-20-21-22-23-25-27-29-31-33-35-38-48-40-42(41-50-52(46,47)49-39-37-44)51-43(45)36-34-32-30-28-26-24-16-14-12-10-8-6-4-2/h11,13,17-18,42H,3-10,12,14-16,19-41,44H2,1-2H3,(H,46,47)/b13-11-,18-17-. The minimum atomic E-state index is -4.27. The van der Waals surface area contributed by atoms with Gasteiger partial charge in [-0.2, -0.15) is 0 Å². The number of nitrogens with two attached hydrogens (primary N) is 1. The van der Waals surface area contributed by atoms with E-state index in [4.69, 9.17) is 24.3 Å². The van der Waals surface area contributed by atoms with Crippen molar-refractivity contribution in [3.8, 4) is 0 Å². The van der Waals surface area contributed by atoms with E-state index in [1.807, 2.05) is 0 Å². The monoisotopic (exact) mass is 758 g/mol. The second kappa shape index (κ2) is 41.1. The van der Waals surface area contributed by atoms with Crippen molar-refractivity contribution in [2.45, 2.75) is 213 Å². The predicted molar refractivity (Wildman–Crippen MR) is 220 cm³/mol. The van der Waals surface area contributed by atoms with Gasteiger partial charge >= 0.3 is 13.8 Å². The molecule has 0 amide bonds. The molecular formula is C43H84NO7P. The summed E-state index contributed by atoms with van der Waals surface area (Å²) < 4.78 is 33.4. The Bertz CT molecular complexity index is 853. The van der Waals surface area contributed by atoms with E-state index < -0.39 is 13.9 Å². The molecule has 0 bridgehead atoms. The maximum absolute atomic E-state index is 12.6. The minimum absolute atomic E-state index is 0.0939. The number of carbonyl (C=O) groups excluding carboxylic acids is 1. The highest BCUT2D eigenvalue weighted by molar-refractivity contribution is 7.47. The lowest BCUT2D eigenvalue weighted by molar-refractivity contribution is -0.154. The molecule has 2 unspecified atom stereocenters. The largest absolute Gasteiger partial charge is 0.472 e. The van der Waals surface area contributed by atoms with Crippen molar-refractivity contribution in [1.82, 2.24) is 0 Å². The Hall–Kier alpha value is -1.02. The van der Waals surface area contributed by atoms with Gasteiger partial charge in [0, 0.05) is 19.6 Å². The molecule has 2 atom stereocenters. The molecule has 0 radical (unpaired) electrons. The topological polar surface area (TPSA) is 117 Å². The Balaban J connectivity index is 3.98. The van der Waals surface area contributed by atoms with Crippen LogP contribution in [0.25, 0.3) is 0 Å². The van der Waals surface area contributed by atoms with Crippen molar-refractivity contribution < 1.29 is 32.8 Å². The molecule has 0 heterocycles. The Morgan fingerprint density at radius 2 is 1.02 bits per heavy atom. The van der Waals surface area contributed by atoms with Gasteiger partial charge in [-0.25, -0.2) is 4.57 Å². The SMILES string of the molecule is CCCCC/C=C\C/C=C\CCCCCCCCCCCCOCC(COP(=O)(O)OCCN)OC(=O)CCCCCCCCCCCCCCC. The van der Waals surface area contributed by atoms with Gasteiger partial charge in [-0.15, -0.1) is 0 Å². The van der Waals surface area contributed by atoms with Gasteiger partial charge in [0.1, 0.15) is 6.10 Å². The van der Waals surface area contributed by atoms with Crippen LogP contribution >= 0.6 is 7.82 Å². The van der Waals surface area contributed by atoms with E-state index in [1.165, 1.54) is 148 Å². The van der Waals surface area contributed by atoms with Crippen LogP contribution in [0.3, 0.4) is 0 Å². The number of hydrogen-bond donors (Lipinski definition) is 2. The van der Waals surface area contributed by atoms with Crippen molar-refractivity contribution in [2.75, 3.05) is 33.0 Å². The molecule has 0 saturated heterocycles. The second-order valence-electron chi connectivity index (χ2n) is 14.6. The lowest BCUT2D eigenvalue weighted by Crippen LogP contribution is -2.28. The molecule has 0 rings (SSSR count). The highest BCUT2D eigenvalue weighted by atomic mass is 31.2. The van der Waals surface area contributed by atoms with Crippen molar-refractivity contribution >= 4 is 13.8 Å². The van der Waals surface area contributed by atoms with E-state index in [-0.39, 0.29) is 32.3 Å². The van der Waals surface area contributed by atoms with Crippen molar-refractivity contribution in [3.63, 3.8) is 0 Å². The normalized spacial score (nSPS) is 13.7. The summed E-state index contributed by atoms with van der Waals surface area (Å²) >= 11 is 0. The first-order chi connectivity index (χ1) is 25.4. The average molecular weight is 758 g/mol. The Morgan fingerprint density at radius 3 is 1.54 bits per heavy atom. The fraction of sp³-hybridized carbons (Fsp3) is 0.884. The summed E-state index contributed by atoms with van der Waals surface area (Å²) in [5.41, 5.74) is 5.37. The van der Waals surface area contributed by atoms with Gasteiger partial charge in [-0.1, -0.05) is 179 Å². The number of unbranched alkanes of at least 4 members (excludes halogenated alkanes) is 25. The van der Waals surface area contributed by atoms with Crippen LogP contribution in [0.4, 0.5) is 0 Å². The zero-order valence-corrected chi connectivity index (χ0v) is 35.0. The highest BCUT2D eigenvalue weighted by Crippen LogP contribution is 2.43. The van der Waals surface area contributed by atoms with Crippen LogP contribution in [0.2, 0.25) is 0 Å². The minimum Gasteiger partial charge on any atom is -0.457 e. The quantitative estimate of drug-likeness (QED) is 0.0273. The van der Waals surface area contributed by atoms with Gasteiger partial charge in [-0.3, -0.25) is 13.8 Å².